The van der Waals surface area contributed by atoms with Gasteiger partial charge in [-0.3, -0.25) is 4.79 Å². The zero-order valence-electron chi connectivity index (χ0n) is 6.89. The number of rotatable bonds is 0. The first-order chi connectivity index (χ1) is 5.86. The van der Waals surface area contributed by atoms with Crippen LogP contribution in [-0.4, -0.2) is 5.78 Å². The van der Waals surface area contributed by atoms with Gasteiger partial charge in [-0.25, -0.2) is 0 Å². The van der Waals surface area contributed by atoms with Crippen LogP contribution in [0.4, 0.5) is 0 Å². The maximum absolute atomic E-state index is 11.3. The number of aryl methyl sites for hydroxylation is 1. The highest BCUT2D eigenvalue weighted by Gasteiger charge is 2.29. The zero-order chi connectivity index (χ0) is 8.13. The molecule has 1 nitrogen and oxygen atoms in total. The third-order valence-corrected chi connectivity index (χ3v) is 3.00. The molecule has 0 saturated heterocycles. The Hall–Kier alpha value is -1.11. The fourth-order valence-corrected chi connectivity index (χ4v) is 2.36. The van der Waals surface area contributed by atoms with Crippen molar-refractivity contribution in [2.45, 2.75) is 25.7 Å². The van der Waals surface area contributed by atoms with Crippen molar-refractivity contribution in [1.29, 1.82) is 0 Å². The highest BCUT2D eigenvalue weighted by atomic mass is 16.1. The van der Waals surface area contributed by atoms with Gasteiger partial charge in [-0.05, 0) is 36.0 Å². The topological polar surface area (TPSA) is 17.1 Å². The molecule has 2 aliphatic rings. The predicted octanol–water partition coefficient (Wildman–Crippen LogP) is 1.91. The number of hydrogen-bond acceptors (Lipinski definition) is 1. The second-order valence-electron chi connectivity index (χ2n) is 3.69. The number of carbonyl (C=O) groups excluding carboxylic acids is 1. The van der Waals surface area contributed by atoms with Gasteiger partial charge in [0.25, 0.3) is 0 Å². The summed E-state index contributed by atoms with van der Waals surface area (Å²) in [6.07, 6.45) is 4.22. The zero-order valence-corrected chi connectivity index (χ0v) is 6.89. The number of benzene rings is 1. The van der Waals surface area contributed by atoms with Crippen molar-refractivity contribution in [2.75, 3.05) is 0 Å². The number of hydrogen-bond donors (Lipinski definition) is 0. The van der Waals surface area contributed by atoms with Crippen LogP contribution in [0.1, 0.15) is 33.5 Å². The lowest BCUT2D eigenvalue weighted by molar-refractivity contribution is 0.0967. The molecule has 0 fully saturated rings. The van der Waals surface area contributed by atoms with Gasteiger partial charge in [-0.2, -0.15) is 0 Å². The van der Waals surface area contributed by atoms with Crippen molar-refractivity contribution in [3.05, 3.63) is 34.4 Å². The maximum Gasteiger partial charge on any atom is 0.167 e. The number of ketones is 1. The first-order valence-corrected chi connectivity index (χ1v) is 4.53. The SMILES string of the molecule is O=C1Cc2ccc3c(c21)CCC3. The Morgan fingerprint density at radius 1 is 1.08 bits per heavy atom. The molecule has 0 aliphatic heterocycles. The van der Waals surface area contributed by atoms with Gasteiger partial charge >= 0.3 is 0 Å². The Bertz CT molecular complexity index is 377. The van der Waals surface area contributed by atoms with E-state index in [1.54, 1.807) is 0 Å². The second-order valence-corrected chi connectivity index (χ2v) is 3.69. The van der Waals surface area contributed by atoms with Gasteiger partial charge in [-0.1, -0.05) is 12.1 Å². The van der Waals surface area contributed by atoms with Crippen LogP contribution in [0, 0.1) is 0 Å². The van der Waals surface area contributed by atoms with E-state index in [1.807, 2.05) is 0 Å². The minimum atomic E-state index is 0.365. The highest BCUT2D eigenvalue weighted by molar-refractivity contribution is 6.08. The van der Waals surface area contributed by atoms with Crippen molar-refractivity contribution in [1.82, 2.24) is 0 Å². The molecule has 60 valence electrons. The Labute approximate surface area is 71.4 Å². The van der Waals surface area contributed by atoms with E-state index in [2.05, 4.69) is 12.1 Å². The Kier molecular flexibility index (Phi) is 1.06. The van der Waals surface area contributed by atoms with Crippen molar-refractivity contribution in [2.24, 2.45) is 0 Å². The fourth-order valence-electron chi connectivity index (χ4n) is 2.36. The van der Waals surface area contributed by atoms with Crippen LogP contribution in [0.3, 0.4) is 0 Å². The Morgan fingerprint density at radius 2 is 1.92 bits per heavy atom. The molecule has 0 heterocycles. The summed E-state index contributed by atoms with van der Waals surface area (Å²) in [4.78, 5) is 11.3. The van der Waals surface area contributed by atoms with E-state index >= 15 is 0 Å². The van der Waals surface area contributed by atoms with E-state index in [-0.39, 0.29) is 0 Å². The fraction of sp³-hybridized carbons (Fsp3) is 0.364. The molecule has 0 radical (unpaired) electrons. The molecular weight excluding hydrogens is 148 g/mol. The minimum Gasteiger partial charge on any atom is -0.294 e. The van der Waals surface area contributed by atoms with Gasteiger partial charge in [0.2, 0.25) is 0 Å². The molecule has 0 amide bonds. The van der Waals surface area contributed by atoms with Gasteiger partial charge < -0.3 is 0 Å². The van der Waals surface area contributed by atoms with Crippen molar-refractivity contribution >= 4 is 5.78 Å². The minimum absolute atomic E-state index is 0.365. The largest absolute Gasteiger partial charge is 0.294 e. The smallest absolute Gasteiger partial charge is 0.167 e. The quantitative estimate of drug-likeness (QED) is 0.563. The van der Waals surface area contributed by atoms with Gasteiger partial charge in [0, 0.05) is 12.0 Å². The summed E-state index contributed by atoms with van der Waals surface area (Å²) in [7, 11) is 0. The average Bonchev–Trinajstić information content (AvgIpc) is 2.47. The van der Waals surface area contributed by atoms with Crippen LogP contribution in [-0.2, 0) is 19.3 Å². The van der Waals surface area contributed by atoms with Crippen molar-refractivity contribution in [3.8, 4) is 0 Å². The molecule has 0 unspecified atom stereocenters. The number of fused-ring (bicyclic) bond motifs is 3. The summed E-state index contributed by atoms with van der Waals surface area (Å²) < 4.78 is 0. The lowest BCUT2D eigenvalue weighted by Crippen LogP contribution is -2.21. The molecule has 1 aromatic carbocycles. The number of carbonyl (C=O) groups is 1. The second kappa shape index (κ2) is 1.98. The van der Waals surface area contributed by atoms with E-state index in [9.17, 15) is 4.79 Å². The van der Waals surface area contributed by atoms with Crippen LogP contribution in [0.25, 0.3) is 0 Å². The van der Waals surface area contributed by atoms with Crippen LogP contribution in [0.15, 0.2) is 12.1 Å². The summed E-state index contributed by atoms with van der Waals surface area (Å²) in [5, 5.41) is 0. The van der Waals surface area contributed by atoms with E-state index in [0.29, 0.717) is 12.2 Å². The molecule has 0 N–H and O–H groups in total. The van der Waals surface area contributed by atoms with Gasteiger partial charge in [0.1, 0.15) is 0 Å². The summed E-state index contributed by atoms with van der Waals surface area (Å²) >= 11 is 0. The number of Topliss-reactive ketones (excluding diaryl/α,β-unsaturated/α-hetero) is 1. The molecule has 0 aromatic heterocycles. The van der Waals surface area contributed by atoms with Gasteiger partial charge in [0.05, 0.1) is 0 Å². The van der Waals surface area contributed by atoms with Gasteiger partial charge in [0.15, 0.2) is 5.78 Å². The van der Waals surface area contributed by atoms with E-state index in [1.165, 1.54) is 29.5 Å². The predicted molar refractivity (Wildman–Crippen MR) is 46.5 cm³/mol. The molecule has 2 aliphatic carbocycles. The molecular formula is C11H10O. The van der Waals surface area contributed by atoms with Gasteiger partial charge in [-0.15, -0.1) is 0 Å². The average molecular weight is 158 g/mol. The van der Waals surface area contributed by atoms with Crippen LogP contribution >= 0.6 is 0 Å². The molecule has 1 heteroatoms. The van der Waals surface area contributed by atoms with Crippen LogP contribution < -0.4 is 0 Å². The molecule has 12 heavy (non-hydrogen) atoms. The normalized spacial score (nSPS) is 18.5. The third kappa shape index (κ3) is 0.619. The van der Waals surface area contributed by atoms with Crippen LogP contribution in [0.5, 0.6) is 0 Å². The molecule has 0 saturated carbocycles. The Balaban J connectivity index is 2.30. The Morgan fingerprint density at radius 3 is 2.75 bits per heavy atom. The molecule has 3 rings (SSSR count). The molecule has 0 bridgehead atoms. The first-order valence-electron chi connectivity index (χ1n) is 4.53. The van der Waals surface area contributed by atoms with E-state index in [0.717, 1.165) is 12.0 Å². The first kappa shape index (κ1) is 6.41. The lowest BCUT2D eigenvalue weighted by Gasteiger charge is -2.20. The lowest BCUT2D eigenvalue weighted by atomic mass is 9.82. The maximum atomic E-state index is 11.3. The molecule has 0 spiro atoms. The third-order valence-electron chi connectivity index (χ3n) is 3.00. The summed E-state index contributed by atoms with van der Waals surface area (Å²) in [6.45, 7) is 0. The standard InChI is InChI=1S/C11H10O/c12-10-6-8-5-4-7-2-1-3-9(7)11(8)10/h4-5H,1-3,6H2. The van der Waals surface area contributed by atoms with Crippen molar-refractivity contribution < 1.29 is 4.79 Å². The molecule has 1 aromatic rings. The summed E-state index contributed by atoms with van der Waals surface area (Å²) in [5.41, 5.74) is 5.14. The van der Waals surface area contributed by atoms with E-state index in [4.69, 9.17) is 0 Å². The van der Waals surface area contributed by atoms with E-state index < -0.39 is 0 Å². The summed E-state index contributed by atoms with van der Waals surface area (Å²) in [5.74, 6) is 0.365. The monoisotopic (exact) mass is 158 g/mol. The summed E-state index contributed by atoms with van der Waals surface area (Å²) in [6, 6.07) is 4.33. The molecule has 0 atom stereocenters. The van der Waals surface area contributed by atoms with Crippen molar-refractivity contribution in [3.63, 3.8) is 0 Å². The van der Waals surface area contributed by atoms with Crippen LogP contribution in [0.2, 0.25) is 0 Å². The highest BCUT2D eigenvalue weighted by Crippen LogP contribution is 2.33.